The monoisotopic (exact) mass is 221 g/mol. The Labute approximate surface area is 82.0 Å². The van der Waals surface area contributed by atoms with Crippen LogP contribution in [-0.2, 0) is 9.59 Å². The Morgan fingerprint density at radius 1 is 1.38 bits per heavy atom. The summed E-state index contributed by atoms with van der Waals surface area (Å²) in [5, 5.41) is 17.3. The highest BCUT2D eigenvalue weighted by molar-refractivity contribution is 8.77. The summed E-state index contributed by atoms with van der Waals surface area (Å²) in [5.41, 5.74) is -0.0672. The molecule has 13 heavy (non-hydrogen) atoms. The van der Waals surface area contributed by atoms with E-state index in [1.54, 1.807) is 0 Å². The highest BCUT2D eigenvalue weighted by atomic mass is 33.1. The van der Waals surface area contributed by atoms with Crippen LogP contribution in [0, 0.1) is 0 Å². The highest BCUT2D eigenvalue weighted by Crippen LogP contribution is 2.26. The number of hydrogen-bond donors (Lipinski definition) is 2. The van der Waals surface area contributed by atoms with Crippen LogP contribution in [0.15, 0.2) is 4.99 Å². The summed E-state index contributed by atoms with van der Waals surface area (Å²) in [5.74, 6) is -1.64. The summed E-state index contributed by atoms with van der Waals surface area (Å²) in [7, 11) is 2.65. The second kappa shape index (κ2) is 4.52. The predicted octanol–water partition coefficient (Wildman–Crippen LogP) is 0.360. The molecule has 1 atom stereocenters. The first-order valence-electron chi connectivity index (χ1n) is 3.38. The van der Waals surface area contributed by atoms with Gasteiger partial charge in [-0.05, 0) is 0 Å². The Hall–Kier alpha value is -0.690. The fourth-order valence-corrected chi connectivity index (χ4v) is 2.81. The molecule has 0 amide bonds. The van der Waals surface area contributed by atoms with Gasteiger partial charge >= 0.3 is 11.9 Å². The molecule has 2 N–H and O–H groups in total. The summed E-state index contributed by atoms with van der Waals surface area (Å²) >= 11 is 0. The standard InChI is InChI=1S/C6H7NO4S2/c8-5(9)3-1-12-13-2-4(7-3)6(10)11/h3H,1-2H2,(H,8,9)(H,10,11)/t3-/m0/s1. The lowest BCUT2D eigenvalue weighted by Gasteiger charge is -2.02. The van der Waals surface area contributed by atoms with Gasteiger partial charge in [-0.15, -0.1) is 0 Å². The minimum Gasteiger partial charge on any atom is -0.480 e. The maximum Gasteiger partial charge on any atom is 0.350 e. The van der Waals surface area contributed by atoms with Crippen molar-refractivity contribution in [2.45, 2.75) is 6.04 Å². The molecule has 0 saturated heterocycles. The number of rotatable bonds is 2. The number of carbonyl (C=O) groups is 2. The molecule has 1 rings (SSSR count). The van der Waals surface area contributed by atoms with Crippen molar-refractivity contribution in [3.63, 3.8) is 0 Å². The van der Waals surface area contributed by atoms with E-state index in [2.05, 4.69) is 4.99 Å². The Bertz CT molecular complexity index is 265. The number of nitrogens with zero attached hydrogens (tertiary/aromatic N) is 1. The molecule has 5 nitrogen and oxygen atoms in total. The van der Waals surface area contributed by atoms with Crippen molar-refractivity contribution in [2.24, 2.45) is 4.99 Å². The van der Waals surface area contributed by atoms with Crippen molar-refractivity contribution in [1.29, 1.82) is 0 Å². The Morgan fingerprint density at radius 3 is 2.62 bits per heavy atom. The Kier molecular flexibility index (Phi) is 3.61. The molecule has 0 fully saturated rings. The molecule has 0 bridgehead atoms. The van der Waals surface area contributed by atoms with Gasteiger partial charge < -0.3 is 10.2 Å². The first kappa shape index (κ1) is 10.4. The van der Waals surface area contributed by atoms with Crippen molar-refractivity contribution in [2.75, 3.05) is 11.5 Å². The number of aliphatic carboxylic acids is 2. The lowest BCUT2D eigenvalue weighted by molar-refractivity contribution is -0.137. The first-order valence-corrected chi connectivity index (χ1v) is 5.87. The van der Waals surface area contributed by atoms with Gasteiger partial charge in [0.1, 0.15) is 5.71 Å². The minimum absolute atomic E-state index is 0.0672. The maximum absolute atomic E-state index is 10.6. The molecule has 0 aromatic rings. The molecule has 0 radical (unpaired) electrons. The van der Waals surface area contributed by atoms with Gasteiger partial charge in [0.15, 0.2) is 6.04 Å². The molecule has 1 aliphatic rings. The van der Waals surface area contributed by atoms with Crippen LogP contribution in [-0.4, -0.2) is 45.4 Å². The smallest absolute Gasteiger partial charge is 0.350 e. The topological polar surface area (TPSA) is 87.0 Å². The van der Waals surface area contributed by atoms with E-state index in [0.717, 1.165) is 0 Å². The molecule has 1 aliphatic heterocycles. The molecule has 7 heteroatoms. The van der Waals surface area contributed by atoms with E-state index in [-0.39, 0.29) is 11.5 Å². The molecule has 0 saturated carbocycles. The number of carboxylic acids is 2. The quantitative estimate of drug-likeness (QED) is 0.655. The van der Waals surface area contributed by atoms with Gasteiger partial charge in [0.2, 0.25) is 0 Å². The lowest BCUT2D eigenvalue weighted by atomic mass is 10.3. The fourth-order valence-electron chi connectivity index (χ4n) is 0.716. The van der Waals surface area contributed by atoms with Crippen LogP contribution in [0.3, 0.4) is 0 Å². The van der Waals surface area contributed by atoms with Crippen molar-refractivity contribution in [3.8, 4) is 0 Å². The highest BCUT2D eigenvalue weighted by Gasteiger charge is 2.23. The average molecular weight is 221 g/mol. The number of carboxylic acid groups (broad SMARTS) is 2. The molecule has 0 aromatic carbocycles. The first-order chi connectivity index (χ1) is 6.11. The zero-order chi connectivity index (χ0) is 9.84. The summed E-state index contributed by atoms with van der Waals surface area (Å²) < 4.78 is 0. The van der Waals surface area contributed by atoms with Crippen LogP contribution in [0.25, 0.3) is 0 Å². The summed E-state index contributed by atoms with van der Waals surface area (Å²) in [4.78, 5) is 24.7. The van der Waals surface area contributed by atoms with Gasteiger partial charge in [-0.3, -0.25) is 4.99 Å². The number of aliphatic imine (C=N–C) groups is 1. The second-order valence-electron chi connectivity index (χ2n) is 2.28. The molecule has 0 aromatic heterocycles. The molecule has 72 valence electrons. The summed E-state index contributed by atoms with van der Waals surface area (Å²) in [6.45, 7) is 0. The van der Waals surface area contributed by atoms with Crippen LogP contribution < -0.4 is 0 Å². The van der Waals surface area contributed by atoms with Crippen molar-refractivity contribution in [1.82, 2.24) is 0 Å². The molecule has 0 spiro atoms. The Balaban J connectivity index is 2.80. The minimum atomic E-state index is -1.14. The third kappa shape index (κ3) is 2.92. The molecule has 1 heterocycles. The number of hydrogen-bond acceptors (Lipinski definition) is 5. The van der Waals surface area contributed by atoms with E-state index < -0.39 is 18.0 Å². The molecular formula is C6H7NO4S2. The van der Waals surface area contributed by atoms with Gasteiger partial charge in [-0.25, -0.2) is 9.59 Å². The second-order valence-corrected chi connectivity index (χ2v) is 4.79. The van der Waals surface area contributed by atoms with E-state index in [1.807, 2.05) is 0 Å². The maximum atomic E-state index is 10.6. The van der Waals surface area contributed by atoms with Crippen LogP contribution in [0.2, 0.25) is 0 Å². The van der Waals surface area contributed by atoms with E-state index in [4.69, 9.17) is 10.2 Å². The molecular weight excluding hydrogens is 214 g/mol. The van der Waals surface area contributed by atoms with E-state index in [9.17, 15) is 9.59 Å². The molecule has 0 unspecified atom stereocenters. The third-order valence-electron chi connectivity index (χ3n) is 1.35. The third-order valence-corrected chi connectivity index (χ3v) is 3.62. The average Bonchev–Trinajstić information content (AvgIpc) is 2.28. The largest absolute Gasteiger partial charge is 0.480 e. The zero-order valence-corrected chi connectivity index (χ0v) is 8.10. The van der Waals surface area contributed by atoms with Crippen LogP contribution >= 0.6 is 21.6 Å². The van der Waals surface area contributed by atoms with Gasteiger partial charge in [0, 0.05) is 5.75 Å². The van der Waals surface area contributed by atoms with Crippen molar-refractivity contribution in [3.05, 3.63) is 0 Å². The van der Waals surface area contributed by atoms with Gasteiger partial charge in [0.25, 0.3) is 0 Å². The van der Waals surface area contributed by atoms with E-state index in [1.165, 1.54) is 21.6 Å². The van der Waals surface area contributed by atoms with E-state index >= 15 is 0 Å². The van der Waals surface area contributed by atoms with Crippen molar-refractivity contribution >= 4 is 39.2 Å². The zero-order valence-electron chi connectivity index (χ0n) is 6.47. The summed E-state index contributed by atoms with van der Waals surface area (Å²) in [6.07, 6.45) is 0. The van der Waals surface area contributed by atoms with Gasteiger partial charge in [0.05, 0.1) is 5.75 Å². The van der Waals surface area contributed by atoms with Crippen LogP contribution in [0.5, 0.6) is 0 Å². The fraction of sp³-hybridized carbons (Fsp3) is 0.500. The SMILES string of the molecule is O=C(O)C1=N[C@H](C(=O)O)CSSC1. The predicted molar refractivity (Wildman–Crippen MR) is 51.4 cm³/mol. The molecule has 0 aliphatic carbocycles. The Morgan fingerprint density at radius 2 is 2.08 bits per heavy atom. The van der Waals surface area contributed by atoms with Gasteiger partial charge in [-0.1, -0.05) is 21.6 Å². The van der Waals surface area contributed by atoms with Crippen LogP contribution in [0.4, 0.5) is 0 Å². The van der Waals surface area contributed by atoms with E-state index in [0.29, 0.717) is 5.75 Å². The van der Waals surface area contributed by atoms with Crippen molar-refractivity contribution < 1.29 is 19.8 Å². The van der Waals surface area contributed by atoms with Crippen LogP contribution in [0.1, 0.15) is 0 Å². The van der Waals surface area contributed by atoms with Gasteiger partial charge in [-0.2, -0.15) is 0 Å². The lowest BCUT2D eigenvalue weighted by Crippen LogP contribution is -2.24. The summed E-state index contributed by atoms with van der Waals surface area (Å²) in [6, 6.07) is -0.925. The normalized spacial score (nSPS) is 23.1.